The fourth-order valence-corrected chi connectivity index (χ4v) is 3.23. The fraction of sp³-hybridized carbons (Fsp3) is 0.600. The van der Waals surface area contributed by atoms with Crippen LogP contribution in [0.2, 0.25) is 0 Å². The van der Waals surface area contributed by atoms with Gasteiger partial charge in [0.05, 0.1) is 5.56 Å². The van der Waals surface area contributed by atoms with Crippen molar-refractivity contribution in [1.29, 1.82) is 0 Å². The van der Waals surface area contributed by atoms with Crippen molar-refractivity contribution in [2.45, 2.75) is 52.7 Å². The summed E-state index contributed by atoms with van der Waals surface area (Å²) in [6.07, 6.45) is 0.673. The molecule has 1 aromatic rings. The number of aromatic carboxylic acids is 1. The van der Waals surface area contributed by atoms with Crippen LogP contribution in [0.15, 0.2) is 24.3 Å². The quantitative estimate of drug-likeness (QED) is 0.881. The summed E-state index contributed by atoms with van der Waals surface area (Å²) in [6, 6.07) is 7.13. The van der Waals surface area contributed by atoms with Gasteiger partial charge in [0.25, 0.3) is 0 Å². The Balaban J connectivity index is 2.15. The molecule has 1 aliphatic rings. The number of ether oxygens (including phenoxy) is 1. The van der Waals surface area contributed by atoms with Crippen LogP contribution in [0.4, 0.5) is 10.5 Å². The van der Waals surface area contributed by atoms with Gasteiger partial charge in [0, 0.05) is 31.4 Å². The van der Waals surface area contributed by atoms with Crippen molar-refractivity contribution in [3.8, 4) is 0 Å². The number of benzene rings is 1. The molecular weight excluding hydrogens is 332 g/mol. The number of carbonyl (C=O) groups is 2. The highest BCUT2D eigenvalue weighted by molar-refractivity contribution is 5.88. The molecule has 1 atom stereocenters. The summed E-state index contributed by atoms with van der Waals surface area (Å²) in [5.41, 5.74) is 0.764. The summed E-state index contributed by atoms with van der Waals surface area (Å²) in [5.74, 6) is -0.440. The molecule has 2 rings (SSSR count). The minimum atomic E-state index is -0.926. The Bertz CT molecular complexity index is 634. The number of hydrogen-bond donors (Lipinski definition) is 1. The first-order valence-electron chi connectivity index (χ1n) is 9.15. The molecule has 1 aliphatic heterocycles. The van der Waals surface area contributed by atoms with E-state index < -0.39 is 11.6 Å². The third-order valence-electron chi connectivity index (χ3n) is 4.32. The summed E-state index contributed by atoms with van der Waals surface area (Å²) < 4.78 is 5.52. The van der Waals surface area contributed by atoms with E-state index in [4.69, 9.17) is 9.84 Å². The van der Waals surface area contributed by atoms with E-state index in [2.05, 4.69) is 18.7 Å². The van der Waals surface area contributed by atoms with E-state index in [0.717, 1.165) is 12.1 Å². The molecule has 0 aromatic heterocycles. The average molecular weight is 362 g/mol. The fourth-order valence-electron chi connectivity index (χ4n) is 3.23. The predicted octanol–water partition coefficient (Wildman–Crippen LogP) is 3.86. The van der Waals surface area contributed by atoms with Gasteiger partial charge in [-0.15, -0.1) is 0 Å². The second-order valence-corrected chi connectivity index (χ2v) is 8.26. The maximum absolute atomic E-state index is 12.4. The van der Waals surface area contributed by atoms with Crippen LogP contribution in [0.1, 0.15) is 51.4 Å². The third-order valence-corrected chi connectivity index (χ3v) is 4.32. The van der Waals surface area contributed by atoms with E-state index >= 15 is 0 Å². The lowest BCUT2D eigenvalue weighted by Crippen LogP contribution is -2.56. The highest BCUT2D eigenvalue weighted by Gasteiger charge is 2.32. The molecule has 0 aliphatic carbocycles. The molecule has 0 spiro atoms. The van der Waals surface area contributed by atoms with Crippen LogP contribution in [0.25, 0.3) is 0 Å². The minimum Gasteiger partial charge on any atom is -0.478 e. The van der Waals surface area contributed by atoms with Gasteiger partial charge < -0.3 is 19.6 Å². The molecule has 144 valence electrons. The van der Waals surface area contributed by atoms with Crippen LogP contribution in [0.5, 0.6) is 0 Å². The summed E-state index contributed by atoms with van der Waals surface area (Å²) in [6.45, 7) is 11.8. The van der Waals surface area contributed by atoms with Crippen molar-refractivity contribution in [3.63, 3.8) is 0 Å². The van der Waals surface area contributed by atoms with Gasteiger partial charge in [-0.3, -0.25) is 0 Å². The Morgan fingerprint density at radius 3 is 2.31 bits per heavy atom. The predicted molar refractivity (Wildman–Crippen MR) is 102 cm³/mol. The van der Waals surface area contributed by atoms with Gasteiger partial charge in [-0.05, 0) is 57.4 Å². The van der Waals surface area contributed by atoms with Crippen LogP contribution < -0.4 is 4.90 Å². The number of rotatable bonds is 4. The van der Waals surface area contributed by atoms with E-state index in [9.17, 15) is 9.59 Å². The monoisotopic (exact) mass is 362 g/mol. The second kappa shape index (κ2) is 7.98. The SMILES string of the molecule is CC(C)C[C@@H]1CN(C(=O)OC(C)(C)C)CCN1c1ccc(C(=O)O)cc1. The number of amides is 1. The Labute approximate surface area is 155 Å². The first-order chi connectivity index (χ1) is 12.1. The largest absolute Gasteiger partial charge is 0.478 e. The number of piperazine rings is 1. The molecule has 0 unspecified atom stereocenters. The summed E-state index contributed by atoms with van der Waals surface area (Å²) in [7, 11) is 0. The highest BCUT2D eigenvalue weighted by Crippen LogP contribution is 2.26. The van der Waals surface area contributed by atoms with Crippen molar-refractivity contribution < 1.29 is 19.4 Å². The van der Waals surface area contributed by atoms with Crippen LogP contribution in [-0.2, 0) is 4.74 Å². The van der Waals surface area contributed by atoms with Crippen LogP contribution >= 0.6 is 0 Å². The van der Waals surface area contributed by atoms with Gasteiger partial charge in [0.1, 0.15) is 5.60 Å². The molecule has 0 bridgehead atoms. The van der Waals surface area contributed by atoms with Crippen molar-refractivity contribution >= 4 is 17.7 Å². The van der Waals surface area contributed by atoms with E-state index in [1.165, 1.54) is 0 Å². The van der Waals surface area contributed by atoms with Gasteiger partial charge in [0.2, 0.25) is 0 Å². The lowest BCUT2D eigenvalue weighted by molar-refractivity contribution is 0.0208. The smallest absolute Gasteiger partial charge is 0.410 e. The lowest BCUT2D eigenvalue weighted by atomic mass is 9.99. The summed E-state index contributed by atoms with van der Waals surface area (Å²) in [5, 5.41) is 9.07. The van der Waals surface area contributed by atoms with Gasteiger partial charge in [0.15, 0.2) is 0 Å². The summed E-state index contributed by atoms with van der Waals surface area (Å²) in [4.78, 5) is 27.5. The zero-order valence-corrected chi connectivity index (χ0v) is 16.4. The maximum atomic E-state index is 12.4. The number of carboxylic acids is 1. The zero-order valence-electron chi connectivity index (χ0n) is 16.4. The van der Waals surface area contributed by atoms with Gasteiger partial charge >= 0.3 is 12.1 Å². The van der Waals surface area contributed by atoms with Crippen molar-refractivity contribution in [2.75, 3.05) is 24.5 Å². The Hall–Kier alpha value is -2.24. The maximum Gasteiger partial charge on any atom is 0.410 e. The number of nitrogens with zero attached hydrogens (tertiary/aromatic N) is 2. The van der Waals surface area contributed by atoms with Gasteiger partial charge in [-0.25, -0.2) is 9.59 Å². The van der Waals surface area contributed by atoms with Crippen molar-refractivity contribution in [2.24, 2.45) is 5.92 Å². The van der Waals surface area contributed by atoms with Crippen LogP contribution in [0, 0.1) is 5.92 Å². The highest BCUT2D eigenvalue weighted by atomic mass is 16.6. The average Bonchev–Trinajstić information content (AvgIpc) is 2.52. The van der Waals surface area contributed by atoms with Crippen LogP contribution in [-0.4, -0.2) is 53.3 Å². The Morgan fingerprint density at radius 2 is 1.81 bits per heavy atom. The Morgan fingerprint density at radius 1 is 1.19 bits per heavy atom. The van der Waals surface area contributed by atoms with Crippen molar-refractivity contribution in [3.05, 3.63) is 29.8 Å². The second-order valence-electron chi connectivity index (χ2n) is 8.26. The molecule has 1 amide bonds. The van der Waals surface area contributed by atoms with Gasteiger partial charge in [-0.1, -0.05) is 13.8 Å². The number of anilines is 1. The van der Waals surface area contributed by atoms with E-state index in [1.54, 1.807) is 17.0 Å². The van der Waals surface area contributed by atoms with Crippen LogP contribution in [0.3, 0.4) is 0 Å². The molecule has 1 aromatic carbocycles. The minimum absolute atomic E-state index is 0.173. The number of carbonyl (C=O) groups excluding carboxylic acids is 1. The zero-order chi connectivity index (χ0) is 19.5. The molecule has 26 heavy (non-hydrogen) atoms. The molecule has 1 saturated heterocycles. The number of hydrogen-bond acceptors (Lipinski definition) is 4. The molecule has 0 saturated carbocycles. The molecule has 1 heterocycles. The molecule has 6 heteroatoms. The van der Waals surface area contributed by atoms with E-state index in [1.807, 2.05) is 32.9 Å². The van der Waals surface area contributed by atoms with E-state index in [-0.39, 0.29) is 17.7 Å². The molecule has 1 fully saturated rings. The van der Waals surface area contributed by atoms with E-state index in [0.29, 0.717) is 25.6 Å². The Kier molecular flexibility index (Phi) is 6.16. The lowest BCUT2D eigenvalue weighted by Gasteiger charge is -2.43. The van der Waals surface area contributed by atoms with Crippen molar-refractivity contribution in [1.82, 2.24) is 4.90 Å². The third kappa shape index (κ3) is 5.38. The topological polar surface area (TPSA) is 70.1 Å². The molecule has 6 nitrogen and oxygen atoms in total. The molecular formula is C20H30N2O4. The first kappa shape index (κ1) is 20.1. The molecule has 0 radical (unpaired) electrons. The standard InChI is InChI=1S/C20H30N2O4/c1-14(2)12-17-13-21(19(25)26-20(3,4)5)10-11-22(17)16-8-6-15(7-9-16)18(23)24/h6-9,14,17H,10-13H2,1-5H3,(H,23,24)/t17-/m1/s1. The first-order valence-corrected chi connectivity index (χ1v) is 9.15. The molecule has 1 N–H and O–H groups in total. The summed E-state index contributed by atoms with van der Waals surface area (Å²) >= 11 is 0. The van der Waals surface area contributed by atoms with Gasteiger partial charge in [-0.2, -0.15) is 0 Å². The normalized spacial score (nSPS) is 18.2. The number of carboxylic acid groups (broad SMARTS) is 1.